The number of halogens is 4. The number of nitrogens with zero attached hydrogens (tertiary/aromatic N) is 2. The van der Waals surface area contributed by atoms with Gasteiger partial charge in [0.2, 0.25) is 0 Å². The predicted molar refractivity (Wildman–Crippen MR) is 89.1 cm³/mol. The second kappa shape index (κ2) is 6.16. The minimum absolute atomic E-state index is 0.0346. The van der Waals surface area contributed by atoms with Crippen LogP contribution in [0.25, 0.3) is 16.6 Å². The second-order valence-electron chi connectivity index (χ2n) is 5.18. The maximum absolute atomic E-state index is 14.2. The lowest BCUT2D eigenvalue weighted by Crippen LogP contribution is -2.30. The number of nitrogen functional groups attached to an aromatic ring is 1. The van der Waals surface area contributed by atoms with E-state index in [0.29, 0.717) is 6.07 Å². The molecule has 136 valence electrons. The molecule has 3 aromatic rings. The quantitative estimate of drug-likeness (QED) is 0.306. The van der Waals surface area contributed by atoms with Gasteiger partial charge in [-0.15, -0.1) is 0 Å². The maximum Gasteiger partial charge on any atom is 0.431 e. The molecule has 1 aromatic carbocycles. The van der Waals surface area contributed by atoms with Gasteiger partial charge in [0.15, 0.2) is 5.16 Å². The summed E-state index contributed by atoms with van der Waals surface area (Å²) >= 11 is 0.988. The van der Waals surface area contributed by atoms with Crippen LogP contribution in [-0.4, -0.2) is 20.8 Å². The first-order chi connectivity index (χ1) is 12.1. The number of H-pyrrole nitrogens is 1. The Morgan fingerprint density at radius 1 is 1.27 bits per heavy atom. The number of para-hydroxylation sites is 1. The number of nitrogens with two attached hydrogens (primary N) is 1. The predicted octanol–water partition coefficient (Wildman–Crippen LogP) is 2.54. The normalized spacial score (nSPS) is 11.9. The molecular weight excluding hydrogens is 376 g/mol. The third-order valence-electron chi connectivity index (χ3n) is 3.59. The van der Waals surface area contributed by atoms with Gasteiger partial charge in [0, 0.05) is 0 Å². The van der Waals surface area contributed by atoms with Crippen LogP contribution in [-0.2, 0) is 6.18 Å². The number of benzene rings is 1. The highest BCUT2D eigenvalue weighted by Gasteiger charge is 2.37. The molecule has 2 aromatic heterocycles. The fourth-order valence-corrected chi connectivity index (χ4v) is 2.85. The monoisotopic (exact) mass is 386 g/mol. The summed E-state index contributed by atoms with van der Waals surface area (Å²) < 4.78 is 54.9. The molecular formula is C15H10F4N4O2S. The summed E-state index contributed by atoms with van der Waals surface area (Å²) in [6.45, 7) is 0. The number of alkyl halides is 3. The van der Waals surface area contributed by atoms with Crippen molar-refractivity contribution in [3.63, 3.8) is 0 Å². The Kier molecular flexibility index (Phi) is 4.26. The third-order valence-corrected chi connectivity index (χ3v) is 4.17. The molecule has 3 N–H and O–H groups in total. The minimum Gasteiger partial charge on any atom is -0.397 e. The number of thioether (sulfide) groups is 1. The Morgan fingerprint density at radius 2 is 1.96 bits per heavy atom. The first-order valence-corrected chi connectivity index (χ1v) is 8.23. The molecule has 0 amide bonds. The van der Waals surface area contributed by atoms with Crippen LogP contribution in [0.2, 0.25) is 0 Å². The number of nitrogens with one attached hydrogen (secondary N) is 1. The Morgan fingerprint density at radius 3 is 2.54 bits per heavy atom. The van der Waals surface area contributed by atoms with E-state index in [1.807, 2.05) is 0 Å². The zero-order chi connectivity index (χ0) is 19.2. The Labute approximate surface area is 146 Å². The number of hydrogen-bond acceptors (Lipinski definition) is 5. The fraction of sp³-hybridized carbons (Fsp3) is 0.133. The molecule has 0 aliphatic carbocycles. The molecule has 0 unspecified atom stereocenters. The van der Waals surface area contributed by atoms with Crippen molar-refractivity contribution in [2.75, 3.05) is 12.0 Å². The molecule has 0 atom stereocenters. The molecule has 0 aliphatic heterocycles. The van der Waals surface area contributed by atoms with Gasteiger partial charge >= 0.3 is 6.18 Å². The van der Waals surface area contributed by atoms with Crippen molar-refractivity contribution >= 4 is 28.4 Å². The van der Waals surface area contributed by atoms with Gasteiger partial charge in [-0.2, -0.15) is 13.2 Å². The molecule has 0 aliphatic rings. The van der Waals surface area contributed by atoms with Crippen LogP contribution in [0.1, 0.15) is 5.69 Å². The summed E-state index contributed by atoms with van der Waals surface area (Å²) in [6, 6.07) is 3.69. The first-order valence-electron chi connectivity index (χ1n) is 7.00. The average Bonchev–Trinajstić information content (AvgIpc) is 2.55. The van der Waals surface area contributed by atoms with E-state index < -0.39 is 45.4 Å². The van der Waals surface area contributed by atoms with Gasteiger partial charge in [0.05, 0.1) is 11.1 Å². The van der Waals surface area contributed by atoms with Crippen LogP contribution in [0.15, 0.2) is 39.0 Å². The van der Waals surface area contributed by atoms with E-state index in [2.05, 4.69) is 9.97 Å². The highest BCUT2D eigenvalue weighted by Crippen LogP contribution is 2.33. The van der Waals surface area contributed by atoms with E-state index in [0.717, 1.165) is 23.9 Å². The van der Waals surface area contributed by atoms with Crippen LogP contribution in [0.5, 0.6) is 0 Å². The molecule has 6 nitrogen and oxygen atoms in total. The highest BCUT2D eigenvalue weighted by atomic mass is 32.2. The van der Waals surface area contributed by atoms with Crippen LogP contribution >= 0.6 is 11.8 Å². The average molecular weight is 386 g/mol. The third kappa shape index (κ3) is 2.83. The second-order valence-corrected chi connectivity index (χ2v) is 5.98. The summed E-state index contributed by atoms with van der Waals surface area (Å²) in [5.74, 6) is -1.12. The van der Waals surface area contributed by atoms with Gasteiger partial charge < -0.3 is 10.7 Å². The number of fused-ring (bicyclic) bond motifs is 1. The summed E-state index contributed by atoms with van der Waals surface area (Å²) in [7, 11) is 0. The molecule has 26 heavy (non-hydrogen) atoms. The van der Waals surface area contributed by atoms with E-state index in [4.69, 9.17) is 5.73 Å². The zero-order valence-corrected chi connectivity index (χ0v) is 13.8. The van der Waals surface area contributed by atoms with Gasteiger partial charge in [-0.1, -0.05) is 17.8 Å². The molecule has 11 heteroatoms. The van der Waals surface area contributed by atoms with Gasteiger partial charge in [-0.05, 0) is 24.5 Å². The number of aromatic amines is 1. The van der Waals surface area contributed by atoms with Crippen molar-refractivity contribution in [3.8, 4) is 5.69 Å². The lowest BCUT2D eigenvalue weighted by Gasteiger charge is -2.18. The zero-order valence-electron chi connectivity index (χ0n) is 13.0. The lowest BCUT2D eigenvalue weighted by molar-refractivity contribution is -0.142. The number of hydrogen-bond donors (Lipinski definition) is 2. The molecule has 0 spiro atoms. The summed E-state index contributed by atoms with van der Waals surface area (Å²) in [6.07, 6.45) is -3.49. The molecule has 2 heterocycles. The van der Waals surface area contributed by atoms with E-state index in [1.165, 1.54) is 6.07 Å². The SMILES string of the molecule is CSc1nc2c(=O)n(-c3c(N)cccc3F)c(C(F)(F)F)cc2c(=O)[nH]1. The number of rotatable bonds is 2. The topological polar surface area (TPSA) is 93.8 Å². The lowest BCUT2D eigenvalue weighted by atomic mass is 10.2. The van der Waals surface area contributed by atoms with Crippen LogP contribution in [0, 0.1) is 5.82 Å². The summed E-state index contributed by atoms with van der Waals surface area (Å²) in [5, 5.41) is -0.515. The smallest absolute Gasteiger partial charge is 0.397 e. The van der Waals surface area contributed by atoms with Crippen molar-refractivity contribution in [1.82, 2.24) is 14.5 Å². The van der Waals surface area contributed by atoms with Crippen LogP contribution in [0.3, 0.4) is 0 Å². The van der Waals surface area contributed by atoms with Crippen molar-refractivity contribution in [1.29, 1.82) is 0 Å². The van der Waals surface area contributed by atoms with Crippen molar-refractivity contribution in [2.45, 2.75) is 11.3 Å². The van der Waals surface area contributed by atoms with E-state index in [-0.39, 0.29) is 15.4 Å². The van der Waals surface area contributed by atoms with Gasteiger partial charge in [-0.3, -0.25) is 14.2 Å². The van der Waals surface area contributed by atoms with Crippen molar-refractivity contribution in [3.05, 3.63) is 56.5 Å². The van der Waals surface area contributed by atoms with Crippen LogP contribution in [0.4, 0.5) is 23.2 Å². The number of aromatic nitrogens is 3. The van der Waals surface area contributed by atoms with E-state index in [9.17, 15) is 27.2 Å². The number of anilines is 1. The molecule has 0 bridgehead atoms. The Bertz CT molecular complexity index is 1120. The van der Waals surface area contributed by atoms with Crippen LogP contribution < -0.4 is 16.9 Å². The minimum atomic E-state index is -5.05. The molecule has 0 saturated carbocycles. The molecule has 3 rings (SSSR count). The Balaban J connectivity index is 2.58. The van der Waals surface area contributed by atoms with Gasteiger partial charge in [0.1, 0.15) is 22.7 Å². The first kappa shape index (κ1) is 18.0. The molecule has 0 saturated heterocycles. The van der Waals surface area contributed by atoms with Crippen molar-refractivity contribution in [2.24, 2.45) is 0 Å². The highest BCUT2D eigenvalue weighted by molar-refractivity contribution is 7.98. The van der Waals surface area contributed by atoms with Gasteiger partial charge in [0.25, 0.3) is 11.1 Å². The molecule has 0 fully saturated rings. The van der Waals surface area contributed by atoms with E-state index in [1.54, 1.807) is 6.26 Å². The fourth-order valence-electron chi connectivity index (χ4n) is 2.47. The largest absolute Gasteiger partial charge is 0.431 e. The summed E-state index contributed by atoms with van der Waals surface area (Å²) in [4.78, 5) is 30.9. The Hall–Kier alpha value is -2.82. The van der Waals surface area contributed by atoms with Crippen molar-refractivity contribution < 1.29 is 17.6 Å². The standard InChI is InChI=1S/C15H10F4N4O2S/c1-26-14-21-10-6(12(24)22-14)5-9(15(17,18)19)23(13(10)25)11-7(16)3-2-4-8(11)20/h2-5H,20H2,1H3,(H,21,22,24). The van der Waals surface area contributed by atoms with E-state index >= 15 is 0 Å². The maximum atomic E-state index is 14.2. The summed E-state index contributed by atoms with van der Waals surface area (Å²) in [5.41, 5.74) is 0.230. The van der Waals surface area contributed by atoms with Gasteiger partial charge in [-0.25, -0.2) is 9.37 Å². The number of pyridine rings is 1. The molecule has 0 radical (unpaired) electrons.